The molecule has 0 atom stereocenters. The topological polar surface area (TPSA) is 34.0 Å². The third kappa shape index (κ3) is 4.88. The first-order valence-electron chi connectivity index (χ1n) is 19.8. The maximum atomic E-state index is 5.47. The molecule has 0 N–H and O–H groups in total. The van der Waals surface area contributed by atoms with Gasteiger partial charge in [-0.3, -0.25) is 4.57 Å². The van der Waals surface area contributed by atoms with E-state index < -0.39 is 0 Å². The van der Waals surface area contributed by atoms with Gasteiger partial charge in [-0.05, 0) is 69.9 Å². The summed E-state index contributed by atoms with van der Waals surface area (Å²) >= 11 is 0. The number of hydrogen-bond acceptors (Lipinski definition) is 3. The van der Waals surface area contributed by atoms with E-state index in [1.54, 1.807) is 0 Å². The summed E-state index contributed by atoms with van der Waals surface area (Å²) in [4.78, 5) is 13.2. The number of aromatic nitrogens is 3. The van der Waals surface area contributed by atoms with E-state index in [9.17, 15) is 0 Å². The predicted molar refractivity (Wildman–Crippen MR) is 241 cm³/mol. The highest BCUT2D eigenvalue weighted by Gasteiger charge is 2.29. The molecule has 2 aromatic heterocycles. The minimum atomic E-state index is 0.645. The van der Waals surface area contributed by atoms with Crippen molar-refractivity contribution < 1.29 is 0 Å². The van der Waals surface area contributed by atoms with Crippen LogP contribution in [0.3, 0.4) is 0 Å². The van der Waals surface area contributed by atoms with Crippen molar-refractivity contribution in [3.63, 3.8) is 0 Å². The molecule has 0 radical (unpaired) electrons. The molecule has 0 fully saturated rings. The van der Waals surface area contributed by atoms with Crippen LogP contribution in [0.5, 0.6) is 0 Å². The van der Waals surface area contributed by atoms with E-state index >= 15 is 0 Å². The van der Waals surface area contributed by atoms with Gasteiger partial charge in [0.05, 0.1) is 33.6 Å². The fourth-order valence-corrected chi connectivity index (χ4v) is 9.21. The lowest BCUT2D eigenvalue weighted by Gasteiger charge is -2.27. The number of anilines is 3. The van der Waals surface area contributed by atoms with Gasteiger partial charge in [-0.1, -0.05) is 164 Å². The fraction of sp³-hybridized carbons (Fsp3) is 0. The number of nitrogens with zero attached hydrogens (tertiary/aromatic N) is 4. The summed E-state index contributed by atoms with van der Waals surface area (Å²) in [5, 5.41) is 5.84. The van der Waals surface area contributed by atoms with Crippen LogP contribution in [-0.2, 0) is 0 Å². The number of hydrogen-bond donors (Lipinski definition) is 0. The van der Waals surface area contributed by atoms with Crippen molar-refractivity contribution in [1.82, 2.24) is 14.5 Å². The van der Waals surface area contributed by atoms with E-state index in [1.807, 2.05) is 0 Å². The Morgan fingerprint density at radius 1 is 0.362 bits per heavy atom. The summed E-state index contributed by atoms with van der Waals surface area (Å²) in [5.41, 5.74) is 15.6. The smallest absolute Gasteiger partial charge is 0.235 e. The molecule has 3 heterocycles. The molecule has 0 saturated carbocycles. The van der Waals surface area contributed by atoms with Crippen LogP contribution in [0.4, 0.5) is 17.1 Å². The normalized spacial score (nSPS) is 12.1. The van der Waals surface area contributed by atoms with Crippen LogP contribution < -0.4 is 4.90 Å². The zero-order valence-corrected chi connectivity index (χ0v) is 31.4. The van der Waals surface area contributed by atoms with E-state index in [4.69, 9.17) is 9.97 Å². The van der Waals surface area contributed by atoms with Crippen LogP contribution >= 0.6 is 0 Å². The number of para-hydroxylation sites is 5. The fourth-order valence-electron chi connectivity index (χ4n) is 9.21. The number of fused-ring (bicyclic) bond motifs is 11. The standard InChI is InChI=1S/C54H34N4/c1-2-17-38(18-3-1)57-47-26-11-7-20-41(47)42-33-34-50-52(51(42)44-22-8-12-27-48(44)57)45-23-9-13-28-49(45)58(50)54-55-46-25-10-6-21-43(46)53(56-54)37-31-29-36(30-32-37)40-24-14-16-35-15-4-5-19-39(35)40/h1-34H. The van der Waals surface area contributed by atoms with Gasteiger partial charge < -0.3 is 4.90 Å². The van der Waals surface area contributed by atoms with Crippen LogP contribution in [0.15, 0.2) is 206 Å². The molecule has 9 aromatic carbocycles. The van der Waals surface area contributed by atoms with Crippen LogP contribution in [-0.4, -0.2) is 14.5 Å². The SMILES string of the molecule is c1ccc(N2c3ccccc3-c3ccc4c(c3-c3ccccc32)c2ccccc2n4-c2nc(-c3ccc(-c4cccc5ccccc45)cc3)c3ccccc3n2)cc1. The molecule has 11 aromatic rings. The monoisotopic (exact) mass is 738 g/mol. The van der Waals surface area contributed by atoms with Crippen molar-refractivity contribution in [2.24, 2.45) is 0 Å². The third-order valence-electron chi connectivity index (χ3n) is 11.8. The molecule has 12 rings (SSSR count). The largest absolute Gasteiger partial charge is 0.309 e. The average molecular weight is 739 g/mol. The highest BCUT2D eigenvalue weighted by atomic mass is 15.2. The van der Waals surface area contributed by atoms with E-state index in [-0.39, 0.29) is 0 Å². The second-order valence-electron chi connectivity index (χ2n) is 14.9. The maximum Gasteiger partial charge on any atom is 0.235 e. The Labute approximate surface area is 335 Å². The van der Waals surface area contributed by atoms with Gasteiger partial charge in [0.1, 0.15) is 0 Å². The first kappa shape index (κ1) is 32.4. The number of benzene rings is 9. The van der Waals surface area contributed by atoms with Gasteiger partial charge in [-0.2, -0.15) is 0 Å². The van der Waals surface area contributed by atoms with Gasteiger partial charge in [0.2, 0.25) is 5.95 Å². The molecule has 0 saturated heterocycles. The maximum absolute atomic E-state index is 5.47. The van der Waals surface area contributed by atoms with Crippen molar-refractivity contribution in [3.05, 3.63) is 206 Å². The van der Waals surface area contributed by atoms with Gasteiger partial charge in [0.25, 0.3) is 0 Å². The Balaban J connectivity index is 1.10. The Kier molecular flexibility index (Phi) is 7.20. The lowest BCUT2D eigenvalue weighted by atomic mass is 9.90. The first-order valence-corrected chi connectivity index (χ1v) is 19.8. The first-order chi connectivity index (χ1) is 28.8. The molecule has 270 valence electrons. The third-order valence-corrected chi connectivity index (χ3v) is 11.8. The molecule has 0 amide bonds. The van der Waals surface area contributed by atoms with E-state index in [0.717, 1.165) is 55.6 Å². The van der Waals surface area contributed by atoms with Crippen LogP contribution in [0, 0.1) is 0 Å². The van der Waals surface area contributed by atoms with Crippen molar-refractivity contribution >= 4 is 60.5 Å². The molecular formula is C54H34N4. The van der Waals surface area contributed by atoms with Crippen molar-refractivity contribution in [2.75, 3.05) is 4.90 Å². The Bertz CT molecular complexity index is 3390. The van der Waals surface area contributed by atoms with Crippen LogP contribution in [0.1, 0.15) is 0 Å². The minimum absolute atomic E-state index is 0.645. The lowest BCUT2D eigenvalue weighted by Crippen LogP contribution is -2.10. The molecule has 1 aliphatic heterocycles. The average Bonchev–Trinajstić information content (AvgIpc) is 3.57. The van der Waals surface area contributed by atoms with Gasteiger partial charge in [-0.15, -0.1) is 0 Å². The summed E-state index contributed by atoms with van der Waals surface area (Å²) in [5.74, 6) is 0.645. The summed E-state index contributed by atoms with van der Waals surface area (Å²) in [6.45, 7) is 0. The van der Waals surface area contributed by atoms with Gasteiger partial charge in [0, 0.05) is 44.1 Å². The highest BCUT2D eigenvalue weighted by molar-refractivity contribution is 6.21. The Morgan fingerprint density at radius 3 is 1.83 bits per heavy atom. The molecule has 0 bridgehead atoms. The van der Waals surface area contributed by atoms with Gasteiger partial charge >= 0.3 is 0 Å². The van der Waals surface area contributed by atoms with Gasteiger partial charge in [-0.25, -0.2) is 9.97 Å². The van der Waals surface area contributed by atoms with Crippen molar-refractivity contribution in [2.45, 2.75) is 0 Å². The minimum Gasteiger partial charge on any atom is -0.309 e. The van der Waals surface area contributed by atoms with E-state index in [2.05, 4.69) is 216 Å². The Morgan fingerprint density at radius 2 is 0.983 bits per heavy atom. The van der Waals surface area contributed by atoms with Crippen LogP contribution in [0.25, 0.3) is 94.1 Å². The van der Waals surface area contributed by atoms with E-state index in [0.29, 0.717) is 5.95 Å². The van der Waals surface area contributed by atoms with E-state index in [1.165, 1.54) is 49.5 Å². The zero-order valence-electron chi connectivity index (χ0n) is 31.4. The van der Waals surface area contributed by atoms with Crippen molar-refractivity contribution in [3.8, 4) is 50.6 Å². The zero-order chi connectivity index (χ0) is 38.2. The molecule has 4 nitrogen and oxygen atoms in total. The molecular weight excluding hydrogens is 705 g/mol. The second-order valence-corrected chi connectivity index (χ2v) is 14.9. The Hall–Kier alpha value is -7.82. The summed E-state index contributed by atoms with van der Waals surface area (Å²) in [6.07, 6.45) is 0. The molecule has 58 heavy (non-hydrogen) atoms. The molecule has 0 aliphatic carbocycles. The molecule has 0 spiro atoms. The second kappa shape index (κ2) is 12.9. The van der Waals surface area contributed by atoms with Crippen LogP contribution in [0.2, 0.25) is 0 Å². The summed E-state index contributed by atoms with van der Waals surface area (Å²) in [7, 11) is 0. The molecule has 4 heteroatoms. The molecule has 1 aliphatic rings. The summed E-state index contributed by atoms with van der Waals surface area (Å²) < 4.78 is 2.26. The summed E-state index contributed by atoms with van der Waals surface area (Å²) in [6, 6.07) is 73.8. The predicted octanol–water partition coefficient (Wildman–Crippen LogP) is 14.3. The van der Waals surface area contributed by atoms with Crippen molar-refractivity contribution in [1.29, 1.82) is 0 Å². The van der Waals surface area contributed by atoms with Gasteiger partial charge in [0.15, 0.2) is 0 Å². The highest BCUT2D eigenvalue weighted by Crippen LogP contribution is 2.54. The number of rotatable bonds is 4. The lowest BCUT2D eigenvalue weighted by molar-refractivity contribution is 1.01. The molecule has 0 unspecified atom stereocenters. The quantitative estimate of drug-likeness (QED) is 0.180.